The highest BCUT2D eigenvalue weighted by atomic mass is 16.3. The molecule has 1 aromatic heterocycles. The van der Waals surface area contributed by atoms with E-state index in [0.717, 1.165) is 39.4 Å². The third-order valence-electron chi connectivity index (χ3n) is 10.7. The summed E-state index contributed by atoms with van der Waals surface area (Å²) in [5.74, 6) is 0.886. The highest BCUT2D eigenvalue weighted by Gasteiger charge is 2.14. The van der Waals surface area contributed by atoms with E-state index in [1.807, 2.05) is 18.2 Å². The molecule has 0 saturated carbocycles. The molecule has 0 unspecified atom stereocenters. The second kappa shape index (κ2) is 14.4. The molecule has 2 nitrogen and oxygen atoms in total. The summed E-state index contributed by atoms with van der Waals surface area (Å²) in [5.41, 5.74) is 14.8. The molecular formula is C54H37NO. The molecule has 9 aromatic carbocycles. The van der Waals surface area contributed by atoms with Gasteiger partial charge in [-0.1, -0.05) is 170 Å². The monoisotopic (exact) mass is 715 g/mol. The normalized spacial score (nSPS) is 11.2. The van der Waals surface area contributed by atoms with Crippen LogP contribution in [-0.2, 0) is 0 Å². The SMILES string of the molecule is c1ccc(-c2ccc(N(c3ccc(-c4ccc(-c5ccc(-c6cc7ccccc7o6)cc5)cc4)cc3)c3ccc(-c4ccc5ccccc5c4)cc3)cc2)cc1. The summed E-state index contributed by atoms with van der Waals surface area (Å²) < 4.78 is 6.09. The Balaban J connectivity index is 0.925. The van der Waals surface area contributed by atoms with Crippen LogP contribution in [0.5, 0.6) is 0 Å². The molecule has 0 aliphatic rings. The van der Waals surface area contributed by atoms with E-state index in [9.17, 15) is 0 Å². The van der Waals surface area contributed by atoms with Crippen LogP contribution in [0.15, 0.2) is 229 Å². The lowest BCUT2D eigenvalue weighted by molar-refractivity contribution is 0.631. The fourth-order valence-corrected chi connectivity index (χ4v) is 7.66. The van der Waals surface area contributed by atoms with Crippen molar-refractivity contribution in [3.63, 3.8) is 0 Å². The molecular weight excluding hydrogens is 679 g/mol. The second-order valence-corrected chi connectivity index (χ2v) is 14.2. The molecule has 0 radical (unpaired) electrons. The number of anilines is 3. The molecule has 0 spiro atoms. The zero-order valence-corrected chi connectivity index (χ0v) is 30.7. The van der Waals surface area contributed by atoms with Gasteiger partial charge < -0.3 is 9.32 Å². The lowest BCUT2D eigenvalue weighted by Crippen LogP contribution is -2.09. The van der Waals surface area contributed by atoms with Crippen molar-refractivity contribution in [2.75, 3.05) is 4.90 Å². The first kappa shape index (κ1) is 33.2. The van der Waals surface area contributed by atoms with E-state index in [-0.39, 0.29) is 0 Å². The van der Waals surface area contributed by atoms with Crippen LogP contribution in [0.1, 0.15) is 0 Å². The lowest BCUT2D eigenvalue weighted by Gasteiger charge is -2.26. The van der Waals surface area contributed by atoms with Gasteiger partial charge in [-0.25, -0.2) is 0 Å². The summed E-state index contributed by atoms with van der Waals surface area (Å²) in [5, 5.41) is 3.62. The number of para-hydroxylation sites is 1. The molecule has 0 amide bonds. The van der Waals surface area contributed by atoms with Gasteiger partial charge in [0.05, 0.1) is 0 Å². The molecule has 0 saturated heterocycles. The van der Waals surface area contributed by atoms with Crippen molar-refractivity contribution in [2.24, 2.45) is 0 Å². The number of hydrogen-bond acceptors (Lipinski definition) is 2. The van der Waals surface area contributed by atoms with Crippen LogP contribution in [0, 0.1) is 0 Å². The fraction of sp³-hybridized carbons (Fsp3) is 0. The zero-order chi connectivity index (χ0) is 37.3. The highest BCUT2D eigenvalue weighted by Crippen LogP contribution is 2.38. The van der Waals surface area contributed by atoms with Crippen LogP contribution >= 0.6 is 0 Å². The first-order valence-corrected chi connectivity index (χ1v) is 19.1. The summed E-state index contributed by atoms with van der Waals surface area (Å²) in [6.07, 6.45) is 0. The van der Waals surface area contributed by atoms with Gasteiger partial charge in [0.15, 0.2) is 0 Å². The standard InChI is InChI=1S/C54H37NO/c1-2-8-38(9-3-1)43-24-30-50(31-25-43)55(52-34-28-45(29-35-52)48-23-20-39-10-4-5-11-47(39)36-48)51-32-26-44(27-33-51)41-16-14-40(15-17-41)42-18-21-46(22-19-42)54-37-49-12-6-7-13-53(49)56-54/h1-37H. The van der Waals surface area contributed by atoms with E-state index in [4.69, 9.17) is 4.42 Å². The summed E-state index contributed by atoms with van der Waals surface area (Å²) in [6, 6.07) is 80.1. The molecule has 0 fully saturated rings. The molecule has 56 heavy (non-hydrogen) atoms. The van der Waals surface area contributed by atoms with Gasteiger partial charge in [0.25, 0.3) is 0 Å². The minimum absolute atomic E-state index is 0.886. The Bertz CT molecular complexity index is 2870. The predicted molar refractivity (Wildman–Crippen MR) is 236 cm³/mol. The topological polar surface area (TPSA) is 16.4 Å². The highest BCUT2D eigenvalue weighted by molar-refractivity contribution is 5.88. The van der Waals surface area contributed by atoms with Crippen molar-refractivity contribution in [1.82, 2.24) is 0 Å². The maximum atomic E-state index is 6.09. The van der Waals surface area contributed by atoms with Gasteiger partial charge in [-0.15, -0.1) is 0 Å². The smallest absolute Gasteiger partial charge is 0.135 e. The third kappa shape index (κ3) is 6.55. The van der Waals surface area contributed by atoms with E-state index >= 15 is 0 Å². The maximum Gasteiger partial charge on any atom is 0.135 e. The van der Waals surface area contributed by atoms with Crippen LogP contribution in [0.2, 0.25) is 0 Å². The summed E-state index contributed by atoms with van der Waals surface area (Å²) >= 11 is 0. The van der Waals surface area contributed by atoms with Crippen molar-refractivity contribution < 1.29 is 4.42 Å². The molecule has 0 bridgehead atoms. The van der Waals surface area contributed by atoms with Gasteiger partial charge in [-0.2, -0.15) is 0 Å². The molecule has 0 atom stereocenters. The van der Waals surface area contributed by atoms with Crippen LogP contribution in [0.25, 0.3) is 77.6 Å². The third-order valence-corrected chi connectivity index (χ3v) is 10.7. The minimum atomic E-state index is 0.886. The largest absolute Gasteiger partial charge is 0.456 e. The van der Waals surface area contributed by atoms with E-state index < -0.39 is 0 Å². The molecule has 10 rings (SSSR count). The second-order valence-electron chi connectivity index (χ2n) is 14.2. The maximum absolute atomic E-state index is 6.09. The average Bonchev–Trinajstić information content (AvgIpc) is 3.72. The van der Waals surface area contributed by atoms with Gasteiger partial charge >= 0.3 is 0 Å². The Kier molecular flexibility index (Phi) is 8.55. The Morgan fingerprint density at radius 3 is 1.14 bits per heavy atom. The molecule has 0 N–H and O–H groups in total. The van der Waals surface area contributed by atoms with Gasteiger partial charge in [0.2, 0.25) is 0 Å². The Labute approximate surface area is 327 Å². The number of furan rings is 1. The van der Waals surface area contributed by atoms with E-state index in [0.29, 0.717) is 0 Å². The molecule has 2 heteroatoms. The van der Waals surface area contributed by atoms with Crippen LogP contribution in [-0.4, -0.2) is 0 Å². The Morgan fingerprint density at radius 1 is 0.250 bits per heavy atom. The molecule has 0 aliphatic carbocycles. The van der Waals surface area contributed by atoms with E-state index in [2.05, 4.69) is 211 Å². The zero-order valence-electron chi connectivity index (χ0n) is 30.7. The van der Waals surface area contributed by atoms with Gasteiger partial charge in [0, 0.05) is 28.0 Å². The van der Waals surface area contributed by atoms with Crippen molar-refractivity contribution in [3.05, 3.63) is 224 Å². The van der Waals surface area contributed by atoms with Gasteiger partial charge in [-0.3, -0.25) is 0 Å². The average molecular weight is 716 g/mol. The van der Waals surface area contributed by atoms with E-state index in [1.165, 1.54) is 55.3 Å². The molecule has 1 heterocycles. The van der Waals surface area contributed by atoms with Gasteiger partial charge in [-0.05, 0) is 110 Å². The van der Waals surface area contributed by atoms with Crippen LogP contribution in [0.4, 0.5) is 17.1 Å². The first-order valence-electron chi connectivity index (χ1n) is 19.1. The molecule has 10 aromatic rings. The fourth-order valence-electron chi connectivity index (χ4n) is 7.66. The Hall–Kier alpha value is -7.42. The molecule has 0 aliphatic heterocycles. The number of hydrogen-bond donors (Lipinski definition) is 0. The van der Waals surface area contributed by atoms with Crippen molar-refractivity contribution >= 4 is 38.8 Å². The van der Waals surface area contributed by atoms with Crippen molar-refractivity contribution in [1.29, 1.82) is 0 Å². The first-order chi connectivity index (χ1) is 27.7. The minimum Gasteiger partial charge on any atom is -0.456 e. The predicted octanol–water partition coefficient (Wildman–Crippen LogP) is 15.4. The van der Waals surface area contributed by atoms with Crippen molar-refractivity contribution in [2.45, 2.75) is 0 Å². The number of nitrogens with zero attached hydrogens (tertiary/aromatic N) is 1. The lowest BCUT2D eigenvalue weighted by atomic mass is 9.99. The summed E-state index contributed by atoms with van der Waals surface area (Å²) in [6.45, 7) is 0. The summed E-state index contributed by atoms with van der Waals surface area (Å²) in [7, 11) is 0. The van der Waals surface area contributed by atoms with Crippen molar-refractivity contribution in [3.8, 4) is 55.8 Å². The Morgan fingerprint density at radius 2 is 0.625 bits per heavy atom. The quantitative estimate of drug-likeness (QED) is 0.156. The number of rotatable bonds is 8. The summed E-state index contributed by atoms with van der Waals surface area (Å²) in [4.78, 5) is 2.33. The van der Waals surface area contributed by atoms with E-state index in [1.54, 1.807) is 0 Å². The number of benzene rings is 9. The number of fused-ring (bicyclic) bond motifs is 2. The van der Waals surface area contributed by atoms with Gasteiger partial charge in [0.1, 0.15) is 11.3 Å². The van der Waals surface area contributed by atoms with Crippen LogP contribution < -0.4 is 4.90 Å². The molecule has 264 valence electrons. The van der Waals surface area contributed by atoms with Crippen LogP contribution in [0.3, 0.4) is 0 Å².